The minimum atomic E-state index is -0.456. The lowest BCUT2D eigenvalue weighted by molar-refractivity contribution is 0.102. The van der Waals surface area contributed by atoms with Crippen molar-refractivity contribution in [3.8, 4) is 0 Å². The van der Waals surface area contributed by atoms with Gasteiger partial charge in [0.2, 0.25) is 0 Å². The van der Waals surface area contributed by atoms with Gasteiger partial charge in [-0.1, -0.05) is 16.8 Å². The first-order chi connectivity index (χ1) is 10.9. The van der Waals surface area contributed by atoms with Crippen LogP contribution in [0.25, 0.3) is 10.9 Å². The number of hydrogen-bond acceptors (Lipinski definition) is 5. The van der Waals surface area contributed by atoms with Crippen molar-refractivity contribution in [2.45, 2.75) is 13.8 Å². The molecule has 3 aromatic rings. The molecule has 0 spiro atoms. The Morgan fingerprint density at radius 3 is 2.78 bits per heavy atom. The summed E-state index contributed by atoms with van der Waals surface area (Å²) in [6, 6.07) is 5.12. The number of fused-ring (bicyclic) bond motifs is 1. The van der Waals surface area contributed by atoms with Gasteiger partial charge in [-0.3, -0.25) is 9.59 Å². The van der Waals surface area contributed by atoms with Gasteiger partial charge in [-0.05, 0) is 37.6 Å². The maximum atomic E-state index is 12.6. The number of amides is 1. The van der Waals surface area contributed by atoms with Crippen molar-refractivity contribution in [3.63, 3.8) is 0 Å². The van der Waals surface area contributed by atoms with E-state index in [9.17, 15) is 9.59 Å². The molecule has 0 saturated heterocycles. The highest BCUT2D eigenvalue weighted by molar-refractivity contribution is 6.30. The van der Waals surface area contributed by atoms with E-state index in [1.807, 2.05) is 6.92 Å². The maximum absolute atomic E-state index is 12.6. The molecule has 0 radical (unpaired) electrons. The molecule has 3 rings (SSSR count). The highest BCUT2D eigenvalue weighted by atomic mass is 35.5. The molecule has 1 amide bonds. The molecule has 0 aliphatic heterocycles. The summed E-state index contributed by atoms with van der Waals surface area (Å²) in [5.41, 5.74) is 1.16. The van der Waals surface area contributed by atoms with Crippen molar-refractivity contribution in [3.05, 3.63) is 50.6 Å². The molecule has 2 heterocycles. The average Bonchev–Trinajstić information content (AvgIpc) is 2.88. The predicted octanol–water partition coefficient (Wildman–Crippen LogP) is 2.44. The van der Waals surface area contributed by atoms with Crippen LogP contribution in [-0.4, -0.2) is 20.8 Å². The first-order valence-electron chi connectivity index (χ1n) is 6.79. The SMILES string of the molecule is Cc1cc(Cl)ccc1NC(=O)c1nn(C)c(=O)c2noc(C)c12. The molecule has 1 aromatic carbocycles. The van der Waals surface area contributed by atoms with Crippen molar-refractivity contribution in [2.24, 2.45) is 7.05 Å². The molecule has 0 unspecified atom stereocenters. The van der Waals surface area contributed by atoms with E-state index in [0.717, 1.165) is 10.2 Å². The van der Waals surface area contributed by atoms with Crippen molar-refractivity contribution in [1.82, 2.24) is 14.9 Å². The molecule has 0 atom stereocenters. The van der Waals surface area contributed by atoms with E-state index in [0.29, 0.717) is 21.9 Å². The largest absolute Gasteiger partial charge is 0.360 e. The number of hydrogen-bond donors (Lipinski definition) is 1. The van der Waals surface area contributed by atoms with Crippen molar-refractivity contribution in [1.29, 1.82) is 0 Å². The average molecular weight is 333 g/mol. The van der Waals surface area contributed by atoms with E-state index in [2.05, 4.69) is 15.6 Å². The Hall–Kier alpha value is -2.67. The van der Waals surface area contributed by atoms with Crippen LogP contribution in [0, 0.1) is 13.8 Å². The lowest BCUT2D eigenvalue weighted by Crippen LogP contribution is -2.25. The van der Waals surface area contributed by atoms with E-state index < -0.39 is 11.5 Å². The smallest absolute Gasteiger partial charge is 0.296 e. The molecule has 0 fully saturated rings. The van der Waals surface area contributed by atoms with E-state index >= 15 is 0 Å². The van der Waals surface area contributed by atoms with Crippen molar-refractivity contribution >= 4 is 34.1 Å². The Labute approximate surface area is 135 Å². The van der Waals surface area contributed by atoms with E-state index in [1.165, 1.54) is 7.05 Å². The van der Waals surface area contributed by atoms with Gasteiger partial charge in [0.25, 0.3) is 11.5 Å². The molecule has 1 N–H and O–H groups in total. The topological polar surface area (TPSA) is 90.0 Å². The van der Waals surface area contributed by atoms with Crippen molar-refractivity contribution in [2.75, 3.05) is 5.32 Å². The summed E-state index contributed by atoms with van der Waals surface area (Å²) < 4.78 is 6.09. The minimum absolute atomic E-state index is 0.0789. The summed E-state index contributed by atoms with van der Waals surface area (Å²) >= 11 is 5.91. The fraction of sp³-hybridized carbons (Fsp3) is 0.200. The standard InChI is InChI=1S/C15H13ClN4O3/c1-7-6-9(16)4-5-10(7)17-14(21)12-11-8(2)23-19-13(11)15(22)20(3)18-12/h4-6H,1-3H3,(H,17,21). The Kier molecular flexibility index (Phi) is 3.65. The number of halogens is 1. The van der Waals surface area contributed by atoms with E-state index in [-0.39, 0.29) is 11.2 Å². The summed E-state index contributed by atoms with van der Waals surface area (Å²) in [6.07, 6.45) is 0. The lowest BCUT2D eigenvalue weighted by Gasteiger charge is -2.09. The number of nitrogens with one attached hydrogen (secondary N) is 1. The van der Waals surface area contributed by atoms with Crippen LogP contribution in [-0.2, 0) is 7.05 Å². The summed E-state index contributed by atoms with van der Waals surface area (Å²) in [5, 5.41) is 11.4. The highest BCUT2D eigenvalue weighted by Gasteiger charge is 2.21. The third-order valence-corrected chi connectivity index (χ3v) is 3.73. The molecule has 7 nitrogen and oxygen atoms in total. The number of carbonyl (C=O) groups is 1. The molecule has 118 valence electrons. The lowest BCUT2D eigenvalue weighted by atomic mass is 10.1. The van der Waals surface area contributed by atoms with Gasteiger partial charge < -0.3 is 9.84 Å². The van der Waals surface area contributed by atoms with E-state index in [1.54, 1.807) is 25.1 Å². The Morgan fingerprint density at radius 1 is 1.35 bits per heavy atom. The van der Waals surface area contributed by atoms with Gasteiger partial charge in [0.05, 0.1) is 5.39 Å². The molecule has 2 aromatic heterocycles. The second-order valence-corrected chi connectivity index (χ2v) is 5.59. The zero-order valence-corrected chi connectivity index (χ0v) is 13.4. The van der Waals surface area contributed by atoms with Crippen LogP contribution in [0.5, 0.6) is 0 Å². The normalized spacial score (nSPS) is 11.0. The number of aromatic nitrogens is 3. The number of nitrogens with zero attached hydrogens (tertiary/aromatic N) is 3. The van der Waals surface area contributed by atoms with Gasteiger partial charge in [-0.25, -0.2) is 4.68 Å². The molecular weight excluding hydrogens is 320 g/mol. The van der Waals surface area contributed by atoms with Gasteiger partial charge in [0.1, 0.15) is 5.76 Å². The minimum Gasteiger partial charge on any atom is -0.360 e. The second-order valence-electron chi connectivity index (χ2n) is 5.15. The third kappa shape index (κ3) is 2.59. The van der Waals surface area contributed by atoms with Gasteiger partial charge >= 0.3 is 0 Å². The van der Waals surface area contributed by atoms with Gasteiger partial charge in [0.15, 0.2) is 11.2 Å². The monoisotopic (exact) mass is 332 g/mol. The van der Waals surface area contributed by atoms with Gasteiger partial charge in [-0.2, -0.15) is 5.10 Å². The molecule has 0 aliphatic carbocycles. The molecular formula is C15H13ClN4O3. The summed E-state index contributed by atoms with van der Waals surface area (Å²) in [7, 11) is 1.45. The third-order valence-electron chi connectivity index (χ3n) is 3.50. The Morgan fingerprint density at radius 2 is 2.09 bits per heavy atom. The van der Waals surface area contributed by atoms with Crippen LogP contribution in [0.4, 0.5) is 5.69 Å². The van der Waals surface area contributed by atoms with Crippen LogP contribution >= 0.6 is 11.6 Å². The van der Waals surface area contributed by atoms with Crippen LogP contribution in [0.15, 0.2) is 27.5 Å². The summed E-state index contributed by atoms with van der Waals surface area (Å²) in [5.74, 6) is -0.0921. The van der Waals surface area contributed by atoms with Crippen molar-refractivity contribution < 1.29 is 9.32 Å². The van der Waals surface area contributed by atoms with E-state index in [4.69, 9.17) is 16.1 Å². The van der Waals surface area contributed by atoms with Crippen LogP contribution in [0.2, 0.25) is 5.02 Å². The summed E-state index contributed by atoms with van der Waals surface area (Å²) in [4.78, 5) is 24.6. The number of aryl methyl sites for hydroxylation is 3. The fourth-order valence-corrected chi connectivity index (χ4v) is 2.53. The van der Waals surface area contributed by atoms with Crippen LogP contribution in [0.1, 0.15) is 21.8 Å². The first-order valence-corrected chi connectivity index (χ1v) is 7.17. The second kappa shape index (κ2) is 5.51. The van der Waals surface area contributed by atoms with Gasteiger partial charge in [-0.15, -0.1) is 0 Å². The summed E-state index contributed by atoms with van der Waals surface area (Å²) in [6.45, 7) is 3.46. The number of carbonyl (C=O) groups excluding carboxylic acids is 1. The van der Waals surface area contributed by atoms with Gasteiger partial charge in [0, 0.05) is 17.8 Å². The molecule has 0 aliphatic rings. The number of benzene rings is 1. The number of rotatable bonds is 2. The zero-order chi connectivity index (χ0) is 16.7. The quantitative estimate of drug-likeness (QED) is 0.778. The zero-order valence-electron chi connectivity index (χ0n) is 12.7. The Bertz CT molecular complexity index is 990. The Balaban J connectivity index is 2.09. The molecule has 23 heavy (non-hydrogen) atoms. The highest BCUT2D eigenvalue weighted by Crippen LogP contribution is 2.22. The first kappa shape index (κ1) is 15.2. The molecule has 0 saturated carbocycles. The predicted molar refractivity (Wildman–Crippen MR) is 85.9 cm³/mol. The molecule has 0 bridgehead atoms. The van der Waals surface area contributed by atoms with Crippen LogP contribution < -0.4 is 10.9 Å². The molecule has 8 heteroatoms. The maximum Gasteiger partial charge on any atom is 0.296 e. The van der Waals surface area contributed by atoms with Crippen LogP contribution in [0.3, 0.4) is 0 Å². The fourth-order valence-electron chi connectivity index (χ4n) is 2.30. The number of anilines is 1.